The summed E-state index contributed by atoms with van der Waals surface area (Å²) in [5.41, 5.74) is 1.07. The lowest BCUT2D eigenvalue weighted by Gasteiger charge is -2.28. The number of carbonyl (C=O) groups is 2. The molecule has 4 nitrogen and oxygen atoms in total. The third kappa shape index (κ3) is 7.00. The first-order valence-electron chi connectivity index (χ1n) is 9.28. The van der Waals surface area contributed by atoms with Crippen LogP contribution in [0.2, 0.25) is 0 Å². The third-order valence-corrected chi connectivity index (χ3v) is 5.30. The lowest BCUT2D eigenvalue weighted by molar-refractivity contribution is -0.141. The highest BCUT2D eigenvalue weighted by molar-refractivity contribution is 7.09. The fourth-order valence-electron chi connectivity index (χ4n) is 2.76. The van der Waals surface area contributed by atoms with Gasteiger partial charge in [-0.3, -0.25) is 9.59 Å². The maximum Gasteiger partial charge on any atom is 0.242 e. The van der Waals surface area contributed by atoms with E-state index in [1.54, 1.807) is 23.2 Å². The smallest absolute Gasteiger partial charge is 0.242 e. The standard InChI is InChI=1S/C21H27ClN2O2S/c1-3-4-12-23(21(26)17(2)22)16-20(25)24(15-19-11-8-13-27-19)14-18-9-6-5-7-10-18/h5-11,13,17H,3-4,12,14-16H2,1-2H3/t17-/m1/s1. The number of hydrogen-bond donors (Lipinski definition) is 0. The highest BCUT2D eigenvalue weighted by atomic mass is 35.5. The van der Waals surface area contributed by atoms with Gasteiger partial charge in [0.05, 0.1) is 13.1 Å². The fraction of sp³-hybridized carbons (Fsp3) is 0.429. The molecule has 0 unspecified atom stereocenters. The Morgan fingerprint density at radius 2 is 1.81 bits per heavy atom. The van der Waals surface area contributed by atoms with Crippen molar-refractivity contribution in [3.05, 3.63) is 58.3 Å². The first kappa shape index (κ1) is 21.5. The van der Waals surface area contributed by atoms with Crippen molar-refractivity contribution in [2.75, 3.05) is 13.1 Å². The average Bonchev–Trinajstić information content (AvgIpc) is 3.17. The molecule has 1 atom stereocenters. The highest BCUT2D eigenvalue weighted by Gasteiger charge is 2.24. The van der Waals surface area contributed by atoms with Crippen molar-refractivity contribution in [3.63, 3.8) is 0 Å². The van der Waals surface area contributed by atoms with Gasteiger partial charge in [0.2, 0.25) is 11.8 Å². The van der Waals surface area contributed by atoms with E-state index in [1.807, 2.05) is 52.7 Å². The number of halogens is 1. The summed E-state index contributed by atoms with van der Waals surface area (Å²) in [6.07, 6.45) is 1.81. The van der Waals surface area contributed by atoms with Gasteiger partial charge in [-0.1, -0.05) is 49.7 Å². The van der Waals surface area contributed by atoms with Crippen molar-refractivity contribution in [2.24, 2.45) is 0 Å². The summed E-state index contributed by atoms with van der Waals surface area (Å²) in [5.74, 6) is -0.247. The van der Waals surface area contributed by atoms with Crippen LogP contribution < -0.4 is 0 Å². The van der Waals surface area contributed by atoms with Gasteiger partial charge < -0.3 is 9.80 Å². The third-order valence-electron chi connectivity index (χ3n) is 4.26. The molecular formula is C21H27ClN2O2S. The van der Waals surface area contributed by atoms with Crippen molar-refractivity contribution in [2.45, 2.75) is 45.2 Å². The molecule has 1 aromatic heterocycles. The summed E-state index contributed by atoms with van der Waals surface area (Å²) in [7, 11) is 0. The summed E-state index contributed by atoms with van der Waals surface area (Å²) in [6.45, 7) is 5.39. The van der Waals surface area contributed by atoms with E-state index < -0.39 is 5.38 Å². The quantitative estimate of drug-likeness (QED) is 0.544. The second-order valence-electron chi connectivity index (χ2n) is 6.54. The van der Waals surface area contributed by atoms with Crippen LogP contribution >= 0.6 is 22.9 Å². The first-order valence-corrected chi connectivity index (χ1v) is 10.6. The zero-order valence-corrected chi connectivity index (χ0v) is 17.5. The molecule has 0 saturated carbocycles. The van der Waals surface area contributed by atoms with E-state index >= 15 is 0 Å². The summed E-state index contributed by atoms with van der Waals surface area (Å²) in [6, 6.07) is 13.9. The van der Waals surface area contributed by atoms with Crippen LogP contribution in [0.25, 0.3) is 0 Å². The summed E-state index contributed by atoms with van der Waals surface area (Å²) >= 11 is 7.62. The van der Waals surface area contributed by atoms with Crippen molar-refractivity contribution < 1.29 is 9.59 Å². The number of unbranched alkanes of at least 4 members (excludes halogenated alkanes) is 1. The monoisotopic (exact) mass is 406 g/mol. The molecule has 0 radical (unpaired) electrons. The molecule has 0 N–H and O–H groups in total. The maximum atomic E-state index is 13.1. The molecule has 0 spiro atoms. The van der Waals surface area contributed by atoms with Gasteiger partial charge >= 0.3 is 0 Å². The molecule has 0 saturated heterocycles. The Morgan fingerprint density at radius 1 is 1.07 bits per heavy atom. The number of hydrogen-bond acceptors (Lipinski definition) is 3. The molecule has 0 fully saturated rings. The Bertz CT molecular complexity index is 704. The van der Waals surface area contributed by atoms with Crippen LogP contribution in [-0.2, 0) is 22.7 Å². The van der Waals surface area contributed by atoms with Crippen LogP contribution in [0.3, 0.4) is 0 Å². The number of nitrogens with zero attached hydrogens (tertiary/aromatic N) is 2. The number of carbonyl (C=O) groups excluding carboxylic acids is 2. The number of rotatable bonds is 10. The van der Waals surface area contributed by atoms with Crippen LogP contribution in [-0.4, -0.2) is 40.1 Å². The van der Waals surface area contributed by atoms with Gasteiger partial charge in [-0.2, -0.15) is 0 Å². The molecule has 0 aliphatic carbocycles. The topological polar surface area (TPSA) is 40.6 Å². The van der Waals surface area contributed by atoms with Crippen LogP contribution in [0.15, 0.2) is 47.8 Å². The van der Waals surface area contributed by atoms with E-state index in [0.717, 1.165) is 23.3 Å². The van der Waals surface area contributed by atoms with Gasteiger partial charge in [-0.25, -0.2) is 0 Å². The highest BCUT2D eigenvalue weighted by Crippen LogP contribution is 2.16. The molecule has 0 bridgehead atoms. The molecular weight excluding hydrogens is 380 g/mol. The van der Waals surface area contributed by atoms with E-state index in [-0.39, 0.29) is 18.4 Å². The van der Waals surface area contributed by atoms with Crippen LogP contribution in [0.4, 0.5) is 0 Å². The number of benzene rings is 1. The van der Waals surface area contributed by atoms with E-state index in [1.165, 1.54) is 0 Å². The minimum Gasteiger partial charge on any atom is -0.332 e. The van der Waals surface area contributed by atoms with Gasteiger partial charge in [-0.15, -0.1) is 22.9 Å². The molecule has 1 aromatic carbocycles. The van der Waals surface area contributed by atoms with E-state index in [9.17, 15) is 9.59 Å². The Labute approximate surface area is 170 Å². The Kier molecular flexibility index (Phi) is 8.82. The predicted molar refractivity (Wildman–Crippen MR) is 112 cm³/mol. The number of alkyl halides is 1. The Morgan fingerprint density at radius 3 is 2.41 bits per heavy atom. The van der Waals surface area contributed by atoms with E-state index in [0.29, 0.717) is 19.6 Å². The molecule has 27 heavy (non-hydrogen) atoms. The summed E-state index contributed by atoms with van der Waals surface area (Å²) < 4.78 is 0. The minimum absolute atomic E-state index is 0.0611. The molecule has 1 heterocycles. The largest absolute Gasteiger partial charge is 0.332 e. The molecule has 2 rings (SSSR count). The van der Waals surface area contributed by atoms with Crippen molar-refractivity contribution in [1.82, 2.24) is 9.80 Å². The fourth-order valence-corrected chi connectivity index (χ4v) is 3.62. The number of thiophene rings is 1. The van der Waals surface area contributed by atoms with Gasteiger partial charge in [0.1, 0.15) is 5.38 Å². The Balaban J connectivity index is 2.13. The van der Waals surface area contributed by atoms with Crippen molar-refractivity contribution in [3.8, 4) is 0 Å². The lowest BCUT2D eigenvalue weighted by Crippen LogP contribution is -2.44. The lowest BCUT2D eigenvalue weighted by atomic mass is 10.2. The van der Waals surface area contributed by atoms with E-state index in [4.69, 9.17) is 11.6 Å². The average molecular weight is 407 g/mol. The zero-order valence-electron chi connectivity index (χ0n) is 15.9. The van der Waals surface area contributed by atoms with Gasteiger partial charge in [0.15, 0.2) is 0 Å². The second kappa shape index (κ2) is 11.1. The molecule has 0 aliphatic heterocycles. The molecule has 146 valence electrons. The normalized spacial score (nSPS) is 11.8. The predicted octanol–water partition coefficient (Wildman–Crippen LogP) is 4.53. The van der Waals surface area contributed by atoms with Crippen LogP contribution in [0.1, 0.15) is 37.1 Å². The SMILES string of the molecule is CCCCN(CC(=O)N(Cc1ccccc1)Cc1cccs1)C(=O)[C@@H](C)Cl. The minimum atomic E-state index is -0.630. The molecule has 2 aromatic rings. The maximum absolute atomic E-state index is 13.1. The molecule has 6 heteroatoms. The van der Waals surface area contributed by atoms with E-state index in [2.05, 4.69) is 6.92 Å². The summed E-state index contributed by atoms with van der Waals surface area (Å²) in [4.78, 5) is 30.0. The zero-order chi connectivity index (χ0) is 19.6. The van der Waals surface area contributed by atoms with Crippen LogP contribution in [0, 0.1) is 0 Å². The molecule has 2 amide bonds. The molecule has 0 aliphatic rings. The Hall–Kier alpha value is -1.85. The van der Waals surface area contributed by atoms with Crippen molar-refractivity contribution in [1.29, 1.82) is 0 Å². The second-order valence-corrected chi connectivity index (χ2v) is 8.23. The number of amides is 2. The van der Waals surface area contributed by atoms with Gasteiger partial charge in [0, 0.05) is 18.0 Å². The first-order chi connectivity index (χ1) is 13.0. The van der Waals surface area contributed by atoms with Gasteiger partial charge in [-0.05, 0) is 30.4 Å². The van der Waals surface area contributed by atoms with Crippen LogP contribution in [0.5, 0.6) is 0 Å². The van der Waals surface area contributed by atoms with Crippen molar-refractivity contribution >= 4 is 34.8 Å². The van der Waals surface area contributed by atoms with Gasteiger partial charge in [0.25, 0.3) is 0 Å². The summed E-state index contributed by atoms with van der Waals surface area (Å²) in [5, 5.41) is 1.38.